The Morgan fingerprint density at radius 2 is 0.779 bits per heavy atom. The highest BCUT2D eigenvalue weighted by atomic mass is 31.2. The Kier molecular flexibility index (Phi) is 54.8. The first kappa shape index (κ1) is 73.6. The lowest BCUT2D eigenvalue weighted by Crippen LogP contribution is -2.45. The topological polar surface area (TPSA) is 105 Å². The number of unbranched alkanes of at least 4 members (excludes halogenated alkanes) is 22. The molecule has 0 rings (SSSR count). The summed E-state index contributed by atoms with van der Waals surface area (Å²) in [4.78, 5) is 23.3. The highest BCUT2D eigenvalue weighted by Gasteiger charge is 2.27. The number of hydrogen-bond donors (Lipinski definition) is 3. The number of nitrogens with zero attached hydrogens (tertiary/aromatic N) is 1. The average molecular weight is 1090 g/mol. The Bertz CT molecular complexity index is 1710. The molecule has 0 spiro atoms. The van der Waals surface area contributed by atoms with Gasteiger partial charge in [-0.3, -0.25) is 13.8 Å². The van der Waals surface area contributed by atoms with Gasteiger partial charge in [0.2, 0.25) is 5.91 Å². The second-order valence-electron chi connectivity index (χ2n) is 21.7. The molecule has 0 radical (unpaired) electrons. The summed E-state index contributed by atoms with van der Waals surface area (Å²) < 4.78 is 23.7. The average Bonchev–Trinajstić information content (AvgIpc) is 3.39. The zero-order valence-electron chi connectivity index (χ0n) is 50.1. The number of quaternary nitrogens is 1. The predicted molar refractivity (Wildman–Crippen MR) is 336 cm³/mol. The molecule has 0 aromatic rings. The fraction of sp³-hybridized carbons (Fsp3) is 0.662. The maximum Gasteiger partial charge on any atom is 0.472 e. The highest BCUT2D eigenvalue weighted by molar-refractivity contribution is 7.47. The van der Waals surface area contributed by atoms with Crippen LogP contribution in [0, 0.1) is 0 Å². The summed E-state index contributed by atoms with van der Waals surface area (Å²) in [6, 6.07) is -0.871. The van der Waals surface area contributed by atoms with Crippen molar-refractivity contribution in [1.82, 2.24) is 5.32 Å². The van der Waals surface area contributed by atoms with Crippen molar-refractivity contribution in [2.24, 2.45) is 0 Å². The number of allylic oxidation sites excluding steroid dienone is 21. The third-order valence-corrected chi connectivity index (χ3v) is 14.1. The summed E-state index contributed by atoms with van der Waals surface area (Å²) in [5.74, 6) is -0.205. The molecule has 8 nitrogen and oxygen atoms in total. The summed E-state index contributed by atoms with van der Waals surface area (Å²) in [6.45, 7) is 4.68. The monoisotopic (exact) mass is 1090 g/mol. The SMILES string of the molecule is CC/C=C\C/C=C\C/C=C\C/C=C\C/C=C\C/C=C\C/C=C\C/C=C\C/C=C\C/C=C\CCCCCCC(=O)NC(COP(=O)(O)OCC[N+](C)(C)C)C(O)/C=C/CCCCCCCCCCCCCCCCCCCC. The molecule has 0 aromatic carbocycles. The van der Waals surface area contributed by atoms with E-state index in [2.05, 4.69) is 141 Å². The van der Waals surface area contributed by atoms with E-state index in [-0.39, 0.29) is 19.1 Å². The number of aliphatic hydroxyl groups is 1. The first-order valence-corrected chi connectivity index (χ1v) is 32.6. The van der Waals surface area contributed by atoms with Gasteiger partial charge in [0.1, 0.15) is 13.2 Å². The predicted octanol–water partition coefficient (Wildman–Crippen LogP) is 19.5. The van der Waals surface area contributed by atoms with Gasteiger partial charge >= 0.3 is 7.82 Å². The highest BCUT2D eigenvalue weighted by Crippen LogP contribution is 2.43. The van der Waals surface area contributed by atoms with Crippen LogP contribution in [0.1, 0.15) is 239 Å². The number of rotatable bonds is 55. The second kappa shape index (κ2) is 57.3. The molecule has 0 heterocycles. The third-order valence-electron chi connectivity index (χ3n) is 13.1. The molecule has 440 valence electrons. The Balaban J connectivity index is 4.27. The summed E-state index contributed by atoms with van der Waals surface area (Å²) in [5, 5.41) is 13.9. The molecule has 0 saturated heterocycles. The minimum Gasteiger partial charge on any atom is -0.387 e. The smallest absolute Gasteiger partial charge is 0.387 e. The number of carbonyl (C=O) groups is 1. The number of carbonyl (C=O) groups excluding carboxylic acids is 1. The fourth-order valence-corrected chi connectivity index (χ4v) is 9.04. The minimum absolute atomic E-state index is 0.0492. The number of nitrogens with one attached hydrogen (secondary N) is 1. The van der Waals surface area contributed by atoms with Crippen LogP contribution in [0.2, 0.25) is 0 Å². The molecule has 0 aliphatic carbocycles. The molecule has 3 atom stereocenters. The van der Waals surface area contributed by atoms with Crippen molar-refractivity contribution >= 4 is 13.7 Å². The van der Waals surface area contributed by atoms with Crippen LogP contribution in [0.4, 0.5) is 0 Å². The van der Waals surface area contributed by atoms with Crippen molar-refractivity contribution in [2.75, 3.05) is 40.9 Å². The lowest BCUT2D eigenvalue weighted by molar-refractivity contribution is -0.870. The normalized spacial score (nSPS) is 14.7. The van der Waals surface area contributed by atoms with E-state index in [0.29, 0.717) is 17.4 Å². The van der Waals surface area contributed by atoms with Crippen LogP contribution in [0.15, 0.2) is 134 Å². The van der Waals surface area contributed by atoms with E-state index in [9.17, 15) is 19.4 Å². The molecule has 0 saturated carbocycles. The van der Waals surface area contributed by atoms with E-state index >= 15 is 0 Å². The van der Waals surface area contributed by atoms with Gasteiger partial charge in [-0.15, -0.1) is 0 Å². The van der Waals surface area contributed by atoms with Crippen LogP contribution in [-0.2, 0) is 18.4 Å². The van der Waals surface area contributed by atoms with E-state index in [4.69, 9.17) is 9.05 Å². The number of amides is 1. The third kappa shape index (κ3) is 60.1. The molecule has 1 amide bonds. The fourth-order valence-electron chi connectivity index (χ4n) is 8.30. The van der Waals surface area contributed by atoms with Gasteiger partial charge in [-0.05, 0) is 96.3 Å². The lowest BCUT2D eigenvalue weighted by atomic mass is 10.0. The number of phosphoric acid groups is 1. The molecular formula is C68H118N2O6P+. The lowest BCUT2D eigenvalue weighted by Gasteiger charge is -2.25. The minimum atomic E-state index is -4.37. The van der Waals surface area contributed by atoms with Gasteiger partial charge < -0.3 is 19.8 Å². The number of phosphoric ester groups is 1. The van der Waals surface area contributed by atoms with Crippen LogP contribution in [0.25, 0.3) is 0 Å². The van der Waals surface area contributed by atoms with Gasteiger partial charge in [-0.25, -0.2) is 4.57 Å². The van der Waals surface area contributed by atoms with Gasteiger partial charge in [0.25, 0.3) is 0 Å². The molecule has 0 bridgehead atoms. The van der Waals surface area contributed by atoms with E-state index in [1.807, 2.05) is 27.2 Å². The molecule has 0 fully saturated rings. The molecule has 0 aliphatic rings. The van der Waals surface area contributed by atoms with E-state index in [0.717, 1.165) is 116 Å². The maximum atomic E-state index is 13.0. The molecular weight excluding hydrogens is 972 g/mol. The van der Waals surface area contributed by atoms with Crippen molar-refractivity contribution in [3.8, 4) is 0 Å². The number of likely N-dealkylation sites (N-methyl/N-ethyl adjacent to an activating group) is 1. The Labute approximate surface area is 475 Å². The van der Waals surface area contributed by atoms with Crippen molar-refractivity contribution in [3.05, 3.63) is 134 Å². The summed E-state index contributed by atoms with van der Waals surface area (Å²) in [5.41, 5.74) is 0. The van der Waals surface area contributed by atoms with Crippen molar-refractivity contribution < 1.29 is 32.9 Å². The van der Waals surface area contributed by atoms with Crippen LogP contribution < -0.4 is 5.32 Å². The zero-order chi connectivity index (χ0) is 56.3. The molecule has 0 aromatic heterocycles. The summed E-state index contributed by atoms with van der Waals surface area (Å²) in [7, 11) is 1.54. The Hall–Kier alpha value is -3.36. The van der Waals surface area contributed by atoms with Gasteiger partial charge in [-0.1, -0.05) is 270 Å². The van der Waals surface area contributed by atoms with Gasteiger partial charge in [0, 0.05) is 6.42 Å². The van der Waals surface area contributed by atoms with Crippen molar-refractivity contribution in [1.29, 1.82) is 0 Å². The van der Waals surface area contributed by atoms with Gasteiger partial charge in [-0.2, -0.15) is 0 Å². The van der Waals surface area contributed by atoms with Crippen LogP contribution in [-0.4, -0.2) is 73.4 Å². The molecule has 3 unspecified atom stereocenters. The van der Waals surface area contributed by atoms with Crippen LogP contribution in [0.3, 0.4) is 0 Å². The summed E-state index contributed by atoms with van der Waals surface area (Å²) >= 11 is 0. The van der Waals surface area contributed by atoms with Gasteiger partial charge in [0.15, 0.2) is 0 Å². The summed E-state index contributed by atoms with van der Waals surface area (Å²) in [6.07, 6.45) is 87.0. The quantitative estimate of drug-likeness (QED) is 0.0243. The van der Waals surface area contributed by atoms with E-state index < -0.39 is 20.0 Å². The standard InChI is InChI=1S/C68H117N2O6P/c1-6-8-10-12-14-16-18-20-22-24-26-28-29-30-31-32-33-34-35-36-37-38-39-40-41-42-44-46-48-50-52-54-56-58-60-62-68(72)69-66(65-76-77(73,74)75-64-63-70(3,4)5)67(71)61-59-57-55-53-51-49-47-45-43-27-25-23-21-19-17-15-13-11-9-7-2/h8,10,14,16,20,22,26,28,30-31,33-34,36-37,39-40,42,44,48,50,59,61,66-67,71H,6-7,9,11-13,15,17-19,21,23-25,27,29,32,35,38,41,43,45-47,49,51-58,60,62-65H2,1-5H3,(H-,69,72,73,74)/p+1/b10-8-,16-14-,22-20-,28-26-,31-30-,34-33-,37-36-,40-39-,44-42-,50-48-,61-59+. The first-order chi connectivity index (χ1) is 37.5. The Morgan fingerprint density at radius 1 is 0.455 bits per heavy atom. The van der Waals surface area contributed by atoms with Gasteiger partial charge in [0.05, 0.1) is 39.9 Å². The van der Waals surface area contributed by atoms with Crippen molar-refractivity contribution in [3.63, 3.8) is 0 Å². The second-order valence-corrected chi connectivity index (χ2v) is 23.2. The zero-order valence-corrected chi connectivity index (χ0v) is 51.0. The first-order valence-electron chi connectivity index (χ1n) is 31.1. The number of hydrogen-bond acceptors (Lipinski definition) is 5. The molecule has 0 aliphatic heterocycles. The molecule has 9 heteroatoms. The number of aliphatic hydroxyl groups excluding tert-OH is 1. The molecule has 3 N–H and O–H groups in total. The van der Waals surface area contributed by atoms with Crippen LogP contribution >= 0.6 is 7.82 Å². The van der Waals surface area contributed by atoms with E-state index in [1.165, 1.54) is 103 Å². The van der Waals surface area contributed by atoms with Crippen LogP contribution in [0.5, 0.6) is 0 Å². The maximum absolute atomic E-state index is 13.0. The Morgan fingerprint density at radius 3 is 1.14 bits per heavy atom. The molecule has 77 heavy (non-hydrogen) atoms. The van der Waals surface area contributed by atoms with E-state index in [1.54, 1.807) is 6.08 Å². The van der Waals surface area contributed by atoms with Crippen molar-refractivity contribution in [2.45, 2.75) is 251 Å². The largest absolute Gasteiger partial charge is 0.472 e.